The fourth-order valence-electron chi connectivity index (χ4n) is 3.47. The molecular weight excluding hydrogens is 444 g/mol. The molecule has 0 atom stereocenters. The molecule has 34 heavy (non-hydrogen) atoms. The molecule has 2 aromatic rings. The zero-order chi connectivity index (χ0) is 24.4. The number of benzene rings is 2. The fraction of sp³-hybridized carbons (Fsp3) is 0.500. The van der Waals surface area contributed by atoms with Crippen molar-refractivity contribution in [1.82, 2.24) is 5.32 Å². The molecule has 5 nitrogen and oxygen atoms in total. The lowest BCUT2D eigenvalue weighted by molar-refractivity contribution is 0.0977. The number of thiocarbonyl (C=S) groups is 1. The molecule has 0 aliphatic heterocycles. The van der Waals surface area contributed by atoms with Gasteiger partial charge in [-0.1, -0.05) is 65.2 Å². The van der Waals surface area contributed by atoms with Crippen molar-refractivity contribution in [3.63, 3.8) is 0 Å². The Bertz CT molecular complexity index is 838. The van der Waals surface area contributed by atoms with E-state index in [9.17, 15) is 4.79 Å². The molecule has 0 radical (unpaired) electrons. The SMILES string of the molecule is CCCCCCCOc1ccc(NC(=S)NC(=O)c2ccc(OCCCCCCC)cc2)cc1. The van der Waals surface area contributed by atoms with Crippen LogP contribution in [0.5, 0.6) is 11.5 Å². The normalized spacial score (nSPS) is 10.5. The van der Waals surface area contributed by atoms with Gasteiger partial charge in [-0.3, -0.25) is 10.1 Å². The van der Waals surface area contributed by atoms with Crippen LogP contribution in [0.25, 0.3) is 0 Å². The highest BCUT2D eigenvalue weighted by Crippen LogP contribution is 2.17. The van der Waals surface area contributed by atoms with Crippen LogP contribution in [0.2, 0.25) is 0 Å². The summed E-state index contributed by atoms with van der Waals surface area (Å²) in [6, 6.07) is 14.7. The quantitative estimate of drug-likeness (QED) is 0.191. The standard InChI is InChI=1S/C28H40N2O3S/c1-3-5-7-9-11-21-32-25-17-13-23(14-18-25)27(31)30-28(34)29-24-15-19-26(20-16-24)33-22-12-10-8-6-4-2/h13-20H,3-12,21-22H2,1-2H3,(H2,29,30,31,34). The first-order valence-corrected chi connectivity index (χ1v) is 13.1. The predicted octanol–water partition coefficient (Wildman–Crippen LogP) is 7.51. The van der Waals surface area contributed by atoms with E-state index >= 15 is 0 Å². The van der Waals surface area contributed by atoms with Crippen LogP contribution < -0.4 is 20.1 Å². The Morgan fingerprint density at radius 1 is 0.706 bits per heavy atom. The Morgan fingerprint density at radius 3 is 1.68 bits per heavy atom. The third-order valence-corrected chi connectivity index (χ3v) is 5.69. The zero-order valence-corrected chi connectivity index (χ0v) is 21.6. The number of amides is 1. The Hall–Kier alpha value is -2.60. The second-order valence-corrected chi connectivity index (χ2v) is 8.89. The van der Waals surface area contributed by atoms with Crippen LogP contribution in [-0.4, -0.2) is 24.2 Å². The minimum atomic E-state index is -0.258. The van der Waals surface area contributed by atoms with Gasteiger partial charge in [0.15, 0.2) is 5.11 Å². The van der Waals surface area contributed by atoms with Crippen molar-refractivity contribution in [2.45, 2.75) is 78.1 Å². The highest BCUT2D eigenvalue weighted by molar-refractivity contribution is 7.80. The van der Waals surface area contributed by atoms with E-state index in [2.05, 4.69) is 24.5 Å². The van der Waals surface area contributed by atoms with Crippen LogP contribution >= 0.6 is 12.2 Å². The van der Waals surface area contributed by atoms with Crippen LogP contribution in [0.1, 0.15) is 88.4 Å². The van der Waals surface area contributed by atoms with Crippen LogP contribution in [0.3, 0.4) is 0 Å². The molecule has 186 valence electrons. The molecule has 0 fully saturated rings. The van der Waals surface area contributed by atoms with Gasteiger partial charge in [0.05, 0.1) is 13.2 Å². The molecule has 6 heteroatoms. The van der Waals surface area contributed by atoms with Crippen LogP contribution in [0.4, 0.5) is 5.69 Å². The van der Waals surface area contributed by atoms with Gasteiger partial charge in [0.2, 0.25) is 0 Å². The van der Waals surface area contributed by atoms with Gasteiger partial charge in [0, 0.05) is 11.3 Å². The Kier molecular flexibility index (Phi) is 13.8. The summed E-state index contributed by atoms with van der Waals surface area (Å²) in [7, 11) is 0. The lowest BCUT2D eigenvalue weighted by atomic mass is 10.2. The maximum absolute atomic E-state index is 12.5. The van der Waals surface area contributed by atoms with Crippen molar-refractivity contribution >= 4 is 28.9 Å². The van der Waals surface area contributed by atoms with E-state index in [1.165, 1.54) is 51.4 Å². The summed E-state index contributed by atoms with van der Waals surface area (Å²) in [4.78, 5) is 12.5. The predicted molar refractivity (Wildman–Crippen MR) is 145 cm³/mol. The van der Waals surface area contributed by atoms with Gasteiger partial charge in [-0.05, 0) is 73.6 Å². The van der Waals surface area contributed by atoms with Gasteiger partial charge in [0.25, 0.3) is 5.91 Å². The maximum atomic E-state index is 12.5. The van der Waals surface area contributed by atoms with Crippen LogP contribution in [0, 0.1) is 0 Å². The van der Waals surface area contributed by atoms with Crippen LogP contribution in [-0.2, 0) is 0 Å². The first-order valence-electron chi connectivity index (χ1n) is 12.7. The number of nitrogens with one attached hydrogen (secondary N) is 2. The number of anilines is 1. The highest BCUT2D eigenvalue weighted by atomic mass is 32.1. The summed E-state index contributed by atoms with van der Waals surface area (Å²) in [5, 5.41) is 6.01. The molecule has 0 saturated carbocycles. The van der Waals surface area contributed by atoms with Gasteiger partial charge < -0.3 is 14.8 Å². The molecular formula is C28H40N2O3S. The van der Waals surface area contributed by atoms with Gasteiger partial charge in [-0.2, -0.15) is 0 Å². The van der Waals surface area contributed by atoms with Gasteiger partial charge in [0.1, 0.15) is 11.5 Å². The molecule has 0 bridgehead atoms. The third-order valence-electron chi connectivity index (χ3n) is 5.49. The van der Waals surface area contributed by atoms with E-state index < -0.39 is 0 Å². The number of hydrogen-bond donors (Lipinski definition) is 2. The Labute approximate surface area is 210 Å². The molecule has 0 aliphatic carbocycles. The van der Waals surface area contributed by atoms with Crippen molar-refractivity contribution in [2.24, 2.45) is 0 Å². The molecule has 0 aliphatic rings. The molecule has 2 aromatic carbocycles. The fourth-order valence-corrected chi connectivity index (χ4v) is 3.68. The minimum Gasteiger partial charge on any atom is -0.494 e. The summed E-state index contributed by atoms with van der Waals surface area (Å²) in [5.41, 5.74) is 1.32. The summed E-state index contributed by atoms with van der Waals surface area (Å²) in [6.07, 6.45) is 12.1. The first-order chi connectivity index (χ1) is 16.6. The third kappa shape index (κ3) is 11.5. The number of rotatable bonds is 16. The van der Waals surface area contributed by atoms with E-state index in [0.29, 0.717) is 12.2 Å². The van der Waals surface area contributed by atoms with Crippen molar-refractivity contribution in [1.29, 1.82) is 0 Å². The smallest absolute Gasteiger partial charge is 0.257 e. The molecule has 0 spiro atoms. The van der Waals surface area contributed by atoms with Crippen molar-refractivity contribution in [2.75, 3.05) is 18.5 Å². The van der Waals surface area contributed by atoms with Gasteiger partial charge in [-0.25, -0.2) is 0 Å². The minimum absolute atomic E-state index is 0.252. The average molecular weight is 485 g/mol. The Balaban J connectivity index is 1.68. The number of ether oxygens (including phenoxy) is 2. The van der Waals surface area contributed by atoms with E-state index in [4.69, 9.17) is 21.7 Å². The second kappa shape index (κ2) is 16.9. The topological polar surface area (TPSA) is 59.6 Å². The van der Waals surface area contributed by atoms with Gasteiger partial charge in [-0.15, -0.1) is 0 Å². The first kappa shape index (κ1) is 27.6. The second-order valence-electron chi connectivity index (χ2n) is 8.48. The Morgan fingerprint density at radius 2 is 1.18 bits per heavy atom. The maximum Gasteiger partial charge on any atom is 0.257 e. The number of hydrogen-bond acceptors (Lipinski definition) is 4. The van der Waals surface area contributed by atoms with Crippen LogP contribution in [0.15, 0.2) is 48.5 Å². The summed E-state index contributed by atoms with van der Waals surface area (Å²) in [5.74, 6) is 1.35. The average Bonchev–Trinajstić information content (AvgIpc) is 2.85. The molecule has 0 heterocycles. The summed E-state index contributed by atoms with van der Waals surface area (Å²) in [6.45, 7) is 5.86. The largest absolute Gasteiger partial charge is 0.494 e. The lowest BCUT2D eigenvalue weighted by Crippen LogP contribution is -2.34. The highest BCUT2D eigenvalue weighted by Gasteiger charge is 2.08. The lowest BCUT2D eigenvalue weighted by Gasteiger charge is -2.11. The summed E-state index contributed by atoms with van der Waals surface area (Å²) < 4.78 is 11.5. The van der Waals surface area contributed by atoms with Crippen molar-refractivity contribution in [3.05, 3.63) is 54.1 Å². The molecule has 2 rings (SSSR count). The van der Waals surface area contributed by atoms with Crippen molar-refractivity contribution < 1.29 is 14.3 Å². The molecule has 0 unspecified atom stereocenters. The number of carbonyl (C=O) groups excluding carboxylic acids is 1. The van der Waals surface area contributed by atoms with Gasteiger partial charge >= 0.3 is 0 Å². The van der Waals surface area contributed by atoms with E-state index in [-0.39, 0.29) is 11.0 Å². The summed E-state index contributed by atoms with van der Waals surface area (Å²) >= 11 is 5.29. The van der Waals surface area contributed by atoms with E-state index in [1.54, 1.807) is 12.1 Å². The van der Waals surface area contributed by atoms with E-state index in [1.807, 2.05) is 36.4 Å². The molecule has 0 saturated heterocycles. The molecule has 0 aromatic heterocycles. The monoisotopic (exact) mass is 484 g/mol. The number of carbonyl (C=O) groups is 1. The zero-order valence-electron chi connectivity index (χ0n) is 20.7. The number of unbranched alkanes of at least 4 members (excludes halogenated alkanes) is 8. The van der Waals surface area contributed by atoms with E-state index in [0.717, 1.165) is 36.6 Å². The van der Waals surface area contributed by atoms with Crippen molar-refractivity contribution in [3.8, 4) is 11.5 Å². The molecule has 2 N–H and O–H groups in total. The molecule has 1 amide bonds.